The van der Waals surface area contributed by atoms with Crippen LogP contribution >= 0.6 is 0 Å². The SMILES string of the molecule is O=C(O)c1ccc(N2N=C(c3cccnc3)CC2(O)C(F)(F)F)cc1. The van der Waals surface area contributed by atoms with Crippen LogP contribution in [0.2, 0.25) is 0 Å². The maximum Gasteiger partial charge on any atom is 0.438 e. The van der Waals surface area contributed by atoms with Crippen molar-refractivity contribution in [2.24, 2.45) is 5.10 Å². The Hall–Kier alpha value is -2.94. The van der Waals surface area contributed by atoms with Crippen LogP contribution in [0.4, 0.5) is 18.9 Å². The predicted octanol–water partition coefficient (Wildman–Crippen LogP) is 2.65. The summed E-state index contributed by atoms with van der Waals surface area (Å²) in [5.74, 6) is -1.21. The predicted molar refractivity (Wildman–Crippen MR) is 82.3 cm³/mol. The van der Waals surface area contributed by atoms with Crippen LogP contribution in [-0.2, 0) is 0 Å². The quantitative estimate of drug-likeness (QED) is 0.888. The number of carboxylic acids is 1. The van der Waals surface area contributed by atoms with Gasteiger partial charge in [0.2, 0.25) is 0 Å². The molecule has 0 spiro atoms. The fourth-order valence-corrected chi connectivity index (χ4v) is 2.48. The summed E-state index contributed by atoms with van der Waals surface area (Å²) < 4.78 is 40.5. The van der Waals surface area contributed by atoms with Gasteiger partial charge in [0.25, 0.3) is 5.72 Å². The van der Waals surface area contributed by atoms with Crippen molar-refractivity contribution in [2.45, 2.75) is 18.3 Å². The molecule has 3 rings (SSSR count). The fourth-order valence-electron chi connectivity index (χ4n) is 2.48. The fraction of sp³-hybridized carbons (Fsp3) is 0.188. The first-order chi connectivity index (χ1) is 11.7. The number of aromatic nitrogens is 1. The molecule has 1 atom stereocenters. The zero-order valence-corrected chi connectivity index (χ0v) is 12.6. The minimum Gasteiger partial charge on any atom is -0.478 e. The molecule has 1 aromatic heterocycles. The molecule has 2 N–H and O–H groups in total. The lowest BCUT2D eigenvalue weighted by molar-refractivity contribution is -0.254. The number of pyridine rings is 1. The Balaban J connectivity index is 2.05. The molecule has 6 nitrogen and oxygen atoms in total. The molecule has 0 fully saturated rings. The number of halogens is 3. The minimum atomic E-state index is -4.98. The Kier molecular flexibility index (Phi) is 3.96. The van der Waals surface area contributed by atoms with Crippen LogP contribution in [0.1, 0.15) is 22.3 Å². The highest BCUT2D eigenvalue weighted by Gasteiger charge is 2.62. The largest absolute Gasteiger partial charge is 0.478 e. The number of nitrogens with zero attached hydrogens (tertiary/aromatic N) is 3. The number of hydrogen-bond donors (Lipinski definition) is 2. The molecule has 9 heteroatoms. The topological polar surface area (TPSA) is 86.0 Å². The molecule has 0 amide bonds. The van der Waals surface area contributed by atoms with Gasteiger partial charge in [-0.1, -0.05) is 6.07 Å². The van der Waals surface area contributed by atoms with E-state index in [9.17, 15) is 23.1 Å². The van der Waals surface area contributed by atoms with Gasteiger partial charge in [-0.2, -0.15) is 18.3 Å². The lowest BCUT2D eigenvalue weighted by atomic mass is 10.0. The summed E-state index contributed by atoms with van der Waals surface area (Å²) in [4.78, 5) is 14.7. The third kappa shape index (κ3) is 2.93. The lowest BCUT2D eigenvalue weighted by Crippen LogP contribution is -2.55. The van der Waals surface area contributed by atoms with Gasteiger partial charge >= 0.3 is 12.1 Å². The number of alkyl halides is 3. The smallest absolute Gasteiger partial charge is 0.438 e. The van der Waals surface area contributed by atoms with E-state index >= 15 is 0 Å². The molecule has 25 heavy (non-hydrogen) atoms. The molecule has 1 aromatic carbocycles. The van der Waals surface area contributed by atoms with E-state index in [1.165, 1.54) is 12.4 Å². The lowest BCUT2D eigenvalue weighted by Gasteiger charge is -2.34. The van der Waals surface area contributed by atoms with Crippen LogP contribution in [0.15, 0.2) is 53.9 Å². The second kappa shape index (κ2) is 5.85. The summed E-state index contributed by atoms with van der Waals surface area (Å²) in [6.45, 7) is 0. The second-order valence-corrected chi connectivity index (χ2v) is 5.44. The molecule has 0 saturated carbocycles. The third-order valence-corrected chi connectivity index (χ3v) is 3.79. The number of benzene rings is 1. The molecular formula is C16H12F3N3O3. The van der Waals surface area contributed by atoms with E-state index < -0.39 is 24.3 Å². The first-order valence-corrected chi connectivity index (χ1v) is 7.13. The molecule has 1 aliphatic heterocycles. The van der Waals surface area contributed by atoms with E-state index in [2.05, 4.69) is 10.1 Å². The van der Waals surface area contributed by atoms with Crippen molar-refractivity contribution in [2.75, 3.05) is 5.01 Å². The Morgan fingerprint density at radius 1 is 1.20 bits per heavy atom. The number of hydrazone groups is 1. The number of aromatic carboxylic acids is 1. The Morgan fingerprint density at radius 2 is 1.88 bits per heavy atom. The summed E-state index contributed by atoms with van der Waals surface area (Å²) in [5.41, 5.74) is -3.02. The summed E-state index contributed by atoms with van der Waals surface area (Å²) in [7, 11) is 0. The zero-order valence-electron chi connectivity index (χ0n) is 12.6. The van der Waals surface area contributed by atoms with Crippen LogP contribution in [-0.4, -0.2) is 38.8 Å². The first-order valence-electron chi connectivity index (χ1n) is 7.13. The highest BCUT2D eigenvalue weighted by molar-refractivity contribution is 6.03. The van der Waals surface area contributed by atoms with E-state index in [-0.39, 0.29) is 17.0 Å². The van der Waals surface area contributed by atoms with Crippen molar-refractivity contribution in [3.63, 3.8) is 0 Å². The van der Waals surface area contributed by atoms with E-state index in [0.717, 1.165) is 24.3 Å². The van der Waals surface area contributed by atoms with Gasteiger partial charge in [0.05, 0.1) is 23.4 Å². The van der Waals surface area contributed by atoms with Gasteiger partial charge in [0, 0.05) is 18.0 Å². The molecule has 2 heterocycles. The van der Waals surface area contributed by atoms with Crippen molar-refractivity contribution in [1.82, 2.24) is 4.98 Å². The van der Waals surface area contributed by atoms with Crippen LogP contribution < -0.4 is 5.01 Å². The standard InChI is InChI=1S/C16H12F3N3O3/c17-16(18,19)15(25)8-13(11-2-1-7-20-9-11)21-22(15)12-5-3-10(4-6-12)14(23)24/h1-7,9,25H,8H2,(H,23,24). The number of hydrogen-bond acceptors (Lipinski definition) is 5. The monoisotopic (exact) mass is 351 g/mol. The van der Waals surface area contributed by atoms with Crippen molar-refractivity contribution in [3.8, 4) is 0 Å². The average Bonchev–Trinajstić information content (AvgIpc) is 2.95. The van der Waals surface area contributed by atoms with Gasteiger partial charge in [-0.25, -0.2) is 9.80 Å². The van der Waals surface area contributed by atoms with E-state index in [0.29, 0.717) is 10.6 Å². The van der Waals surface area contributed by atoms with Crippen molar-refractivity contribution in [3.05, 3.63) is 59.9 Å². The van der Waals surface area contributed by atoms with Crippen molar-refractivity contribution < 1.29 is 28.2 Å². The third-order valence-electron chi connectivity index (χ3n) is 3.79. The van der Waals surface area contributed by atoms with Gasteiger partial charge < -0.3 is 10.2 Å². The molecule has 0 saturated heterocycles. The number of anilines is 1. The Labute approximate surface area is 139 Å². The van der Waals surface area contributed by atoms with Crippen LogP contribution in [0.25, 0.3) is 0 Å². The molecule has 1 unspecified atom stereocenters. The van der Waals surface area contributed by atoms with E-state index in [1.807, 2.05) is 0 Å². The number of carbonyl (C=O) groups is 1. The molecule has 1 aliphatic rings. The van der Waals surface area contributed by atoms with Gasteiger partial charge in [0.15, 0.2) is 0 Å². The minimum absolute atomic E-state index is 0.0234. The first kappa shape index (κ1) is 16.9. The normalized spacial score (nSPS) is 20.5. The van der Waals surface area contributed by atoms with Crippen LogP contribution in [0.3, 0.4) is 0 Å². The van der Waals surface area contributed by atoms with Gasteiger partial charge in [0.1, 0.15) is 0 Å². The average molecular weight is 351 g/mol. The highest BCUT2D eigenvalue weighted by atomic mass is 19.4. The molecule has 0 radical (unpaired) electrons. The molecule has 0 aliphatic carbocycles. The summed E-state index contributed by atoms with van der Waals surface area (Å²) >= 11 is 0. The molecular weight excluding hydrogens is 339 g/mol. The van der Waals surface area contributed by atoms with Gasteiger partial charge in [-0.05, 0) is 30.3 Å². The maximum atomic E-state index is 13.5. The summed E-state index contributed by atoms with van der Waals surface area (Å²) in [5, 5.41) is 23.6. The van der Waals surface area contributed by atoms with E-state index in [1.54, 1.807) is 12.1 Å². The molecule has 130 valence electrons. The summed E-state index contributed by atoms with van der Waals surface area (Å²) in [6.07, 6.45) is -2.93. The van der Waals surface area contributed by atoms with Crippen molar-refractivity contribution >= 4 is 17.4 Å². The van der Waals surface area contributed by atoms with Gasteiger partial charge in [-0.3, -0.25) is 4.98 Å². The molecule has 2 aromatic rings. The zero-order chi connectivity index (χ0) is 18.2. The second-order valence-electron chi connectivity index (χ2n) is 5.44. The Bertz CT molecular complexity index is 822. The summed E-state index contributed by atoms with van der Waals surface area (Å²) in [6, 6.07) is 7.71. The van der Waals surface area contributed by atoms with E-state index in [4.69, 9.17) is 5.11 Å². The van der Waals surface area contributed by atoms with Crippen molar-refractivity contribution in [1.29, 1.82) is 0 Å². The van der Waals surface area contributed by atoms with Crippen LogP contribution in [0.5, 0.6) is 0 Å². The maximum absolute atomic E-state index is 13.5. The number of rotatable bonds is 3. The number of carboxylic acid groups (broad SMARTS) is 1. The van der Waals surface area contributed by atoms with Gasteiger partial charge in [-0.15, -0.1) is 0 Å². The number of aliphatic hydroxyl groups is 1. The van der Waals surface area contributed by atoms with Crippen LogP contribution in [0, 0.1) is 0 Å². The highest BCUT2D eigenvalue weighted by Crippen LogP contribution is 2.43. The molecule has 0 bridgehead atoms. The Morgan fingerprint density at radius 3 is 2.40 bits per heavy atom.